The SMILES string of the molecule is CN1C(=O)CN(C(=O)OC(C)(C)C)CC1C(=O)O. The van der Waals surface area contributed by atoms with Gasteiger partial charge in [-0.2, -0.15) is 0 Å². The number of piperazine rings is 1. The van der Waals surface area contributed by atoms with Gasteiger partial charge >= 0.3 is 12.1 Å². The first-order valence-corrected chi connectivity index (χ1v) is 5.58. The molecule has 1 unspecified atom stereocenters. The number of aliphatic carboxylic acids is 1. The minimum atomic E-state index is -1.14. The molecule has 1 heterocycles. The molecule has 18 heavy (non-hydrogen) atoms. The normalized spacial score (nSPS) is 20.9. The van der Waals surface area contributed by atoms with Crippen molar-refractivity contribution in [2.24, 2.45) is 0 Å². The zero-order valence-electron chi connectivity index (χ0n) is 11.0. The molecule has 0 aromatic heterocycles. The van der Waals surface area contributed by atoms with E-state index < -0.39 is 29.6 Å². The highest BCUT2D eigenvalue weighted by Crippen LogP contribution is 2.14. The van der Waals surface area contributed by atoms with Crippen LogP contribution in [0.15, 0.2) is 0 Å². The van der Waals surface area contributed by atoms with Gasteiger partial charge in [0.25, 0.3) is 0 Å². The molecule has 7 heteroatoms. The Bertz CT molecular complexity index is 374. The molecule has 0 bridgehead atoms. The number of rotatable bonds is 1. The van der Waals surface area contributed by atoms with Gasteiger partial charge in [0.2, 0.25) is 5.91 Å². The highest BCUT2D eigenvalue weighted by molar-refractivity contribution is 5.89. The molecule has 0 spiro atoms. The molecule has 1 fully saturated rings. The summed E-state index contributed by atoms with van der Waals surface area (Å²) >= 11 is 0. The number of amides is 2. The molecule has 0 aliphatic carbocycles. The number of carbonyl (C=O) groups is 3. The van der Waals surface area contributed by atoms with Crippen LogP contribution in [-0.2, 0) is 14.3 Å². The molecule has 1 N–H and O–H groups in total. The van der Waals surface area contributed by atoms with Crippen LogP contribution in [-0.4, -0.2) is 64.7 Å². The van der Waals surface area contributed by atoms with E-state index in [1.807, 2.05) is 0 Å². The highest BCUT2D eigenvalue weighted by Gasteiger charge is 2.38. The lowest BCUT2D eigenvalue weighted by Gasteiger charge is -2.37. The van der Waals surface area contributed by atoms with Crippen LogP contribution in [0.2, 0.25) is 0 Å². The second-order valence-electron chi connectivity index (χ2n) is 5.22. The number of ether oxygens (including phenoxy) is 1. The van der Waals surface area contributed by atoms with Gasteiger partial charge in [0.05, 0.1) is 6.54 Å². The molecule has 1 aliphatic rings. The van der Waals surface area contributed by atoms with Crippen LogP contribution in [0.3, 0.4) is 0 Å². The summed E-state index contributed by atoms with van der Waals surface area (Å²) in [6.45, 7) is 4.90. The summed E-state index contributed by atoms with van der Waals surface area (Å²) in [5, 5.41) is 8.99. The standard InChI is InChI=1S/C11H18N2O5/c1-11(2,3)18-10(17)13-5-7(9(15)16)12(4)8(14)6-13/h7H,5-6H2,1-4H3,(H,15,16). The Morgan fingerprint density at radius 2 is 1.94 bits per heavy atom. The van der Waals surface area contributed by atoms with Crippen molar-refractivity contribution in [3.8, 4) is 0 Å². The number of likely N-dealkylation sites (N-methyl/N-ethyl adjacent to an activating group) is 1. The van der Waals surface area contributed by atoms with E-state index in [1.165, 1.54) is 7.05 Å². The first-order chi connectivity index (χ1) is 8.11. The molecular formula is C11H18N2O5. The summed E-state index contributed by atoms with van der Waals surface area (Å²) in [6.07, 6.45) is -0.671. The zero-order chi connectivity index (χ0) is 14.1. The Kier molecular flexibility index (Phi) is 3.83. The van der Waals surface area contributed by atoms with Gasteiger partial charge in [0.15, 0.2) is 0 Å². The van der Waals surface area contributed by atoms with Gasteiger partial charge in [-0.1, -0.05) is 0 Å². The van der Waals surface area contributed by atoms with E-state index in [2.05, 4.69) is 0 Å². The Balaban J connectivity index is 2.77. The van der Waals surface area contributed by atoms with Crippen molar-refractivity contribution in [2.45, 2.75) is 32.4 Å². The third-order valence-corrected chi connectivity index (χ3v) is 2.52. The topological polar surface area (TPSA) is 87.2 Å². The second kappa shape index (κ2) is 4.83. The molecule has 0 saturated carbocycles. The number of carbonyl (C=O) groups excluding carboxylic acids is 2. The number of carboxylic acids is 1. The first-order valence-electron chi connectivity index (χ1n) is 5.58. The maximum absolute atomic E-state index is 11.8. The molecule has 2 amide bonds. The van der Waals surface area contributed by atoms with E-state index in [-0.39, 0.29) is 13.1 Å². The lowest BCUT2D eigenvalue weighted by atomic mass is 10.2. The molecule has 1 saturated heterocycles. The number of hydrogen-bond acceptors (Lipinski definition) is 4. The molecule has 0 radical (unpaired) electrons. The summed E-state index contributed by atoms with van der Waals surface area (Å²) in [5.74, 6) is -1.56. The molecule has 1 aliphatic heterocycles. The predicted octanol–water partition coefficient (Wildman–Crippen LogP) is 0.149. The highest BCUT2D eigenvalue weighted by atomic mass is 16.6. The number of hydrogen-bond donors (Lipinski definition) is 1. The quantitative estimate of drug-likeness (QED) is 0.723. The van der Waals surface area contributed by atoms with Crippen molar-refractivity contribution in [3.05, 3.63) is 0 Å². The summed E-state index contributed by atoms with van der Waals surface area (Å²) in [4.78, 5) is 36.6. The van der Waals surface area contributed by atoms with E-state index >= 15 is 0 Å². The van der Waals surface area contributed by atoms with Gasteiger partial charge < -0.3 is 14.7 Å². The molecule has 0 aromatic carbocycles. The minimum Gasteiger partial charge on any atom is -0.480 e. The Hall–Kier alpha value is -1.79. The first kappa shape index (κ1) is 14.3. The van der Waals surface area contributed by atoms with Gasteiger partial charge in [-0.05, 0) is 20.8 Å². The maximum atomic E-state index is 11.8. The van der Waals surface area contributed by atoms with Crippen LogP contribution in [0.1, 0.15) is 20.8 Å². The van der Waals surface area contributed by atoms with E-state index in [1.54, 1.807) is 20.8 Å². The molecule has 1 rings (SSSR count). The molecular weight excluding hydrogens is 240 g/mol. The van der Waals surface area contributed by atoms with Gasteiger partial charge in [-0.3, -0.25) is 9.69 Å². The lowest BCUT2D eigenvalue weighted by Crippen LogP contribution is -2.59. The van der Waals surface area contributed by atoms with Crippen molar-refractivity contribution in [2.75, 3.05) is 20.1 Å². The van der Waals surface area contributed by atoms with Crippen molar-refractivity contribution in [1.29, 1.82) is 0 Å². The fraction of sp³-hybridized carbons (Fsp3) is 0.727. The predicted molar refractivity (Wildman–Crippen MR) is 62.0 cm³/mol. The fourth-order valence-corrected chi connectivity index (χ4v) is 1.55. The fourth-order valence-electron chi connectivity index (χ4n) is 1.55. The van der Waals surface area contributed by atoms with Gasteiger partial charge in [-0.25, -0.2) is 9.59 Å². The summed E-state index contributed by atoms with van der Waals surface area (Å²) in [6, 6.07) is -1.03. The largest absolute Gasteiger partial charge is 0.480 e. The second-order valence-corrected chi connectivity index (χ2v) is 5.22. The van der Waals surface area contributed by atoms with Crippen molar-refractivity contribution < 1.29 is 24.2 Å². The van der Waals surface area contributed by atoms with Gasteiger partial charge in [0, 0.05) is 7.05 Å². The molecule has 1 atom stereocenters. The average molecular weight is 258 g/mol. The molecule has 0 aromatic rings. The summed E-state index contributed by atoms with van der Waals surface area (Å²) in [7, 11) is 1.41. The van der Waals surface area contributed by atoms with E-state index in [0.29, 0.717) is 0 Å². The van der Waals surface area contributed by atoms with Gasteiger partial charge in [-0.15, -0.1) is 0 Å². The van der Waals surface area contributed by atoms with Crippen LogP contribution in [0, 0.1) is 0 Å². The van der Waals surface area contributed by atoms with Crippen LogP contribution < -0.4 is 0 Å². The zero-order valence-corrected chi connectivity index (χ0v) is 11.0. The average Bonchev–Trinajstić information content (AvgIpc) is 2.18. The lowest BCUT2D eigenvalue weighted by molar-refractivity contribution is -0.153. The van der Waals surface area contributed by atoms with Crippen molar-refractivity contribution in [1.82, 2.24) is 9.80 Å². The van der Waals surface area contributed by atoms with Crippen LogP contribution in [0.5, 0.6) is 0 Å². The third kappa shape index (κ3) is 3.35. The number of carboxylic acid groups (broad SMARTS) is 1. The van der Waals surface area contributed by atoms with Crippen molar-refractivity contribution >= 4 is 18.0 Å². The Morgan fingerprint density at radius 1 is 1.39 bits per heavy atom. The maximum Gasteiger partial charge on any atom is 0.410 e. The van der Waals surface area contributed by atoms with E-state index in [4.69, 9.17) is 9.84 Å². The summed E-state index contributed by atoms with van der Waals surface area (Å²) in [5.41, 5.74) is -0.678. The third-order valence-electron chi connectivity index (χ3n) is 2.52. The van der Waals surface area contributed by atoms with Crippen LogP contribution in [0.4, 0.5) is 4.79 Å². The van der Waals surface area contributed by atoms with E-state index in [0.717, 1.165) is 9.80 Å². The molecule has 102 valence electrons. The Labute approximate surface area is 105 Å². The van der Waals surface area contributed by atoms with Crippen molar-refractivity contribution in [3.63, 3.8) is 0 Å². The van der Waals surface area contributed by atoms with Crippen LogP contribution in [0.25, 0.3) is 0 Å². The van der Waals surface area contributed by atoms with Crippen LogP contribution >= 0.6 is 0 Å². The minimum absolute atomic E-state index is 0.0630. The number of nitrogens with zero attached hydrogens (tertiary/aromatic N) is 2. The van der Waals surface area contributed by atoms with Gasteiger partial charge in [0.1, 0.15) is 18.2 Å². The summed E-state index contributed by atoms with van der Waals surface area (Å²) < 4.78 is 5.11. The Morgan fingerprint density at radius 3 is 2.39 bits per heavy atom. The smallest absolute Gasteiger partial charge is 0.410 e. The molecule has 7 nitrogen and oxygen atoms in total. The monoisotopic (exact) mass is 258 g/mol. The van der Waals surface area contributed by atoms with E-state index in [9.17, 15) is 14.4 Å².